The highest BCUT2D eigenvalue weighted by molar-refractivity contribution is 7.87. The number of amides is 2. The molecule has 176 valence electrons. The third-order valence-electron chi connectivity index (χ3n) is 4.68. The van der Waals surface area contributed by atoms with Crippen molar-refractivity contribution in [3.63, 3.8) is 0 Å². The molecule has 0 aromatic heterocycles. The first-order valence-electron chi connectivity index (χ1n) is 10.4. The Hall–Kier alpha value is -4.63. The van der Waals surface area contributed by atoms with Crippen LogP contribution >= 0.6 is 0 Å². The normalized spacial score (nSPS) is 10.7. The van der Waals surface area contributed by atoms with Gasteiger partial charge in [-0.05, 0) is 48.5 Å². The van der Waals surface area contributed by atoms with E-state index in [0.29, 0.717) is 5.69 Å². The molecule has 2 amide bonds. The van der Waals surface area contributed by atoms with E-state index in [-0.39, 0.29) is 27.6 Å². The van der Waals surface area contributed by atoms with Gasteiger partial charge in [0.05, 0.1) is 0 Å². The minimum Gasteiger partial charge on any atom is -0.423 e. The first-order chi connectivity index (χ1) is 16.9. The second-order valence-electron chi connectivity index (χ2n) is 7.21. The van der Waals surface area contributed by atoms with E-state index in [1.807, 2.05) is 6.07 Å². The summed E-state index contributed by atoms with van der Waals surface area (Å²) in [6.45, 7) is 0. The van der Waals surface area contributed by atoms with Gasteiger partial charge >= 0.3 is 22.1 Å². The van der Waals surface area contributed by atoms with E-state index in [1.54, 1.807) is 72.8 Å². The fourth-order valence-electron chi connectivity index (χ4n) is 3.06. The SMILES string of the molecule is O=C(Nc1ccccc1)Nc1ccc(C(=O)Oc2ccccc2)c(OS(=O)(=O)c2ccccc2)c1. The van der Waals surface area contributed by atoms with E-state index in [4.69, 9.17) is 8.92 Å². The van der Waals surface area contributed by atoms with Crippen molar-refractivity contribution >= 4 is 33.5 Å². The highest BCUT2D eigenvalue weighted by Crippen LogP contribution is 2.28. The summed E-state index contributed by atoms with van der Waals surface area (Å²) in [5, 5.41) is 5.25. The van der Waals surface area contributed by atoms with Crippen LogP contribution in [-0.4, -0.2) is 20.4 Å². The van der Waals surface area contributed by atoms with Crippen LogP contribution in [0.4, 0.5) is 16.2 Å². The van der Waals surface area contributed by atoms with E-state index in [2.05, 4.69) is 10.6 Å². The number of carbonyl (C=O) groups is 2. The lowest BCUT2D eigenvalue weighted by atomic mass is 10.2. The number of urea groups is 1. The van der Waals surface area contributed by atoms with Crippen LogP contribution in [0.1, 0.15) is 10.4 Å². The molecule has 8 nitrogen and oxygen atoms in total. The Balaban J connectivity index is 1.62. The van der Waals surface area contributed by atoms with Crippen LogP contribution in [0.25, 0.3) is 0 Å². The number of anilines is 2. The Morgan fingerprint density at radius 1 is 0.657 bits per heavy atom. The second kappa shape index (κ2) is 10.5. The van der Waals surface area contributed by atoms with Crippen LogP contribution < -0.4 is 19.6 Å². The molecule has 35 heavy (non-hydrogen) atoms. The maximum absolute atomic E-state index is 12.8. The summed E-state index contributed by atoms with van der Waals surface area (Å²) >= 11 is 0. The van der Waals surface area contributed by atoms with Gasteiger partial charge in [-0.3, -0.25) is 0 Å². The molecule has 0 saturated carbocycles. The van der Waals surface area contributed by atoms with E-state index < -0.39 is 22.1 Å². The zero-order valence-electron chi connectivity index (χ0n) is 18.3. The Kier molecular flexibility index (Phi) is 7.08. The van der Waals surface area contributed by atoms with Gasteiger partial charge in [0.25, 0.3) is 0 Å². The first kappa shape index (κ1) is 23.5. The maximum atomic E-state index is 12.8. The van der Waals surface area contributed by atoms with E-state index >= 15 is 0 Å². The van der Waals surface area contributed by atoms with E-state index in [0.717, 1.165) is 0 Å². The molecule has 0 saturated heterocycles. The molecule has 0 spiro atoms. The molecular weight excluding hydrogens is 468 g/mol. The molecule has 0 heterocycles. The van der Waals surface area contributed by atoms with Crippen molar-refractivity contribution in [1.29, 1.82) is 0 Å². The van der Waals surface area contributed by atoms with Crippen molar-refractivity contribution in [3.8, 4) is 11.5 Å². The highest BCUT2D eigenvalue weighted by Gasteiger charge is 2.23. The van der Waals surface area contributed by atoms with Crippen molar-refractivity contribution in [2.24, 2.45) is 0 Å². The fourth-order valence-corrected chi connectivity index (χ4v) is 4.02. The van der Waals surface area contributed by atoms with Crippen molar-refractivity contribution in [3.05, 3.63) is 115 Å². The summed E-state index contributed by atoms with van der Waals surface area (Å²) < 4.78 is 36.3. The van der Waals surface area contributed by atoms with Crippen LogP contribution in [0.5, 0.6) is 11.5 Å². The van der Waals surface area contributed by atoms with Crippen molar-refractivity contribution in [1.82, 2.24) is 0 Å². The number of hydrogen-bond acceptors (Lipinski definition) is 6. The predicted molar refractivity (Wildman–Crippen MR) is 131 cm³/mol. The molecule has 4 rings (SSSR count). The largest absolute Gasteiger partial charge is 0.423 e. The summed E-state index contributed by atoms with van der Waals surface area (Å²) in [5.41, 5.74) is 0.631. The summed E-state index contributed by atoms with van der Waals surface area (Å²) in [4.78, 5) is 25.1. The van der Waals surface area contributed by atoms with E-state index in [1.165, 1.54) is 30.3 Å². The number of rotatable bonds is 7. The van der Waals surface area contributed by atoms with Gasteiger partial charge in [0.2, 0.25) is 0 Å². The molecule has 4 aromatic carbocycles. The molecule has 2 N–H and O–H groups in total. The molecule has 0 radical (unpaired) electrons. The lowest BCUT2D eigenvalue weighted by molar-refractivity contribution is 0.0733. The van der Waals surface area contributed by atoms with Crippen molar-refractivity contribution < 1.29 is 26.9 Å². The molecule has 0 fully saturated rings. The predicted octanol–water partition coefficient (Wildman–Crippen LogP) is 5.32. The lowest BCUT2D eigenvalue weighted by Crippen LogP contribution is -2.20. The topological polar surface area (TPSA) is 111 Å². The molecule has 9 heteroatoms. The summed E-state index contributed by atoms with van der Waals surface area (Å²) in [5.74, 6) is -0.846. The van der Waals surface area contributed by atoms with Gasteiger partial charge in [-0.15, -0.1) is 0 Å². The van der Waals surface area contributed by atoms with E-state index in [9.17, 15) is 18.0 Å². The average molecular weight is 489 g/mol. The zero-order chi connectivity index (χ0) is 24.7. The molecule has 0 bridgehead atoms. The maximum Gasteiger partial charge on any atom is 0.347 e. The van der Waals surface area contributed by atoms with Crippen LogP contribution in [0.15, 0.2) is 114 Å². The second-order valence-corrected chi connectivity index (χ2v) is 8.76. The number of nitrogens with one attached hydrogen (secondary N) is 2. The number of benzene rings is 4. The monoisotopic (exact) mass is 488 g/mol. The third-order valence-corrected chi connectivity index (χ3v) is 5.92. The third kappa shape index (κ3) is 6.24. The van der Waals surface area contributed by atoms with Gasteiger partial charge in [-0.1, -0.05) is 54.6 Å². The Morgan fingerprint density at radius 3 is 1.89 bits per heavy atom. The highest BCUT2D eigenvalue weighted by atomic mass is 32.2. The summed E-state index contributed by atoms with van der Waals surface area (Å²) in [6.07, 6.45) is 0. The molecule has 4 aromatic rings. The summed E-state index contributed by atoms with van der Waals surface area (Å²) in [7, 11) is -4.27. The van der Waals surface area contributed by atoms with Gasteiger partial charge in [0.1, 0.15) is 16.2 Å². The van der Waals surface area contributed by atoms with Crippen LogP contribution in [0, 0.1) is 0 Å². The molecule has 0 atom stereocenters. The minimum atomic E-state index is -4.27. The number of para-hydroxylation sites is 2. The van der Waals surface area contributed by atoms with Crippen molar-refractivity contribution in [2.45, 2.75) is 4.90 Å². The average Bonchev–Trinajstić information content (AvgIpc) is 2.85. The number of ether oxygens (including phenoxy) is 1. The van der Waals surface area contributed by atoms with Crippen LogP contribution in [0.2, 0.25) is 0 Å². The zero-order valence-corrected chi connectivity index (χ0v) is 19.1. The number of carbonyl (C=O) groups excluding carboxylic acids is 2. The van der Waals surface area contributed by atoms with Crippen molar-refractivity contribution in [2.75, 3.05) is 10.6 Å². The quantitative estimate of drug-likeness (QED) is 0.207. The van der Waals surface area contributed by atoms with Crippen LogP contribution in [-0.2, 0) is 10.1 Å². The fraction of sp³-hybridized carbons (Fsp3) is 0. The van der Waals surface area contributed by atoms with Gasteiger partial charge in [0.15, 0.2) is 5.75 Å². The molecule has 0 aliphatic rings. The first-order valence-corrected chi connectivity index (χ1v) is 11.9. The molecule has 0 aliphatic heterocycles. The number of hydrogen-bond donors (Lipinski definition) is 2. The van der Waals surface area contributed by atoms with Gasteiger partial charge < -0.3 is 19.6 Å². The standard InChI is InChI=1S/C26H20N2O6S/c29-25(33-21-12-6-2-7-13-21)23-17-16-20(28-26(30)27-19-10-4-1-5-11-19)18-24(23)34-35(31,32)22-14-8-3-9-15-22/h1-18H,(H2,27,28,30). The van der Waals surface area contributed by atoms with Crippen LogP contribution in [0.3, 0.4) is 0 Å². The number of esters is 1. The lowest BCUT2D eigenvalue weighted by Gasteiger charge is -2.14. The molecular formula is C26H20N2O6S. The Bertz CT molecular complexity index is 1430. The molecule has 0 aliphatic carbocycles. The summed E-state index contributed by atoms with van der Waals surface area (Å²) in [6, 6.07) is 28.0. The Morgan fingerprint density at radius 2 is 1.23 bits per heavy atom. The van der Waals surface area contributed by atoms with Gasteiger partial charge in [-0.25, -0.2) is 9.59 Å². The molecule has 0 unspecified atom stereocenters. The Labute approximate surface area is 202 Å². The van der Waals surface area contributed by atoms with Gasteiger partial charge in [-0.2, -0.15) is 8.42 Å². The smallest absolute Gasteiger partial charge is 0.347 e. The minimum absolute atomic E-state index is 0.0949. The van der Waals surface area contributed by atoms with Gasteiger partial charge in [0, 0.05) is 17.4 Å².